The summed E-state index contributed by atoms with van der Waals surface area (Å²) >= 11 is 1.48. The molecule has 8 heteroatoms. The van der Waals surface area contributed by atoms with Gasteiger partial charge in [-0.25, -0.2) is 0 Å². The largest absolute Gasteiger partial charge is 0.416 e. The van der Waals surface area contributed by atoms with Gasteiger partial charge in [-0.15, -0.1) is 11.8 Å². The Balaban J connectivity index is 1.66. The number of carbonyl (C=O) groups is 1. The van der Waals surface area contributed by atoms with Crippen molar-refractivity contribution in [1.29, 1.82) is 0 Å². The highest BCUT2D eigenvalue weighted by molar-refractivity contribution is 8.00. The first kappa shape index (κ1) is 17.6. The predicted molar refractivity (Wildman–Crippen MR) is 87.7 cm³/mol. The van der Waals surface area contributed by atoms with Crippen LogP contribution in [0.2, 0.25) is 0 Å². The normalized spacial score (nSPS) is 23.0. The van der Waals surface area contributed by atoms with Crippen LogP contribution in [0.15, 0.2) is 24.3 Å². The lowest BCUT2D eigenvalue weighted by molar-refractivity contribution is -0.137. The first-order valence-electron chi connectivity index (χ1n) is 7.96. The molecule has 2 heterocycles. The molecule has 1 amide bonds. The highest BCUT2D eigenvalue weighted by Gasteiger charge is 2.34. The van der Waals surface area contributed by atoms with Crippen molar-refractivity contribution in [2.45, 2.75) is 11.6 Å². The second-order valence-corrected chi connectivity index (χ2v) is 7.03. The van der Waals surface area contributed by atoms with Crippen molar-refractivity contribution < 1.29 is 18.0 Å². The van der Waals surface area contributed by atoms with Crippen molar-refractivity contribution in [2.75, 3.05) is 45.0 Å². The zero-order valence-electron chi connectivity index (χ0n) is 13.2. The van der Waals surface area contributed by atoms with Crippen molar-refractivity contribution in [3.63, 3.8) is 0 Å². The van der Waals surface area contributed by atoms with E-state index in [1.54, 1.807) is 4.90 Å². The third kappa shape index (κ3) is 4.04. The Kier molecular flexibility index (Phi) is 5.36. The highest BCUT2D eigenvalue weighted by atomic mass is 32.2. The minimum Gasteiger partial charge on any atom is -0.325 e. The number of hydrogen-bond donors (Lipinski definition) is 1. The van der Waals surface area contributed by atoms with E-state index in [1.165, 1.54) is 23.9 Å². The van der Waals surface area contributed by atoms with Gasteiger partial charge in [-0.05, 0) is 17.7 Å². The van der Waals surface area contributed by atoms with Gasteiger partial charge in [0.05, 0.1) is 11.3 Å². The fraction of sp³-hybridized carbons (Fsp3) is 0.562. The van der Waals surface area contributed by atoms with Gasteiger partial charge in [0.2, 0.25) is 5.91 Å². The summed E-state index contributed by atoms with van der Waals surface area (Å²) in [5, 5.41) is 3.09. The molecule has 0 bridgehead atoms. The monoisotopic (exact) mass is 359 g/mol. The van der Waals surface area contributed by atoms with Crippen LogP contribution < -0.4 is 5.32 Å². The van der Waals surface area contributed by atoms with E-state index in [-0.39, 0.29) is 11.3 Å². The van der Waals surface area contributed by atoms with Crippen LogP contribution in [0.1, 0.15) is 16.5 Å². The van der Waals surface area contributed by atoms with Gasteiger partial charge in [-0.2, -0.15) is 13.2 Å². The summed E-state index contributed by atoms with van der Waals surface area (Å²) < 4.78 is 38.0. The third-order valence-corrected chi connectivity index (χ3v) is 5.61. The maximum atomic E-state index is 12.7. The molecule has 2 aliphatic heterocycles. The van der Waals surface area contributed by atoms with Crippen molar-refractivity contribution in [3.05, 3.63) is 35.4 Å². The molecule has 1 atom stereocenters. The van der Waals surface area contributed by atoms with Crippen LogP contribution in [0.5, 0.6) is 0 Å². The zero-order chi connectivity index (χ0) is 17.2. The lowest BCUT2D eigenvalue weighted by Gasteiger charge is -2.31. The number of nitrogens with zero attached hydrogens (tertiary/aromatic N) is 2. The van der Waals surface area contributed by atoms with Crippen LogP contribution in [0.25, 0.3) is 0 Å². The Morgan fingerprint density at radius 1 is 1.12 bits per heavy atom. The van der Waals surface area contributed by atoms with E-state index in [9.17, 15) is 18.0 Å². The van der Waals surface area contributed by atoms with E-state index in [1.807, 2.05) is 0 Å². The van der Waals surface area contributed by atoms with Crippen LogP contribution in [0.4, 0.5) is 13.2 Å². The molecule has 0 radical (unpaired) electrons. The standard InChI is InChI=1S/C16H20F3N3OS/c17-16(18,19)13-3-1-12(2-4-13)15-22(14(23)11-24-15)10-9-21-7-5-20-6-8-21/h1-4,15,20H,5-11H2/t15-/m0/s1. The number of piperazine rings is 1. The summed E-state index contributed by atoms with van der Waals surface area (Å²) in [6, 6.07) is 5.15. The van der Waals surface area contributed by atoms with Gasteiger partial charge in [0.25, 0.3) is 0 Å². The summed E-state index contributed by atoms with van der Waals surface area (Å²) in [4.78, 5) is 16.2. The van der Waals surface area contributed by atoms with Crippen LogP contribution in [0, 0.1) is 0 Å². The fourth-order valence-corrected chi connectivity index (χ4v) is 4.21. The summed E-state index contributed by atoms with van der Waals surface area (Å²) in [6.45, 7) is 5.22. The molecule has 1 aromatic carbocycles. The number of nitrogens with one attached hydrogen (secondary N) is 1. The molecule has 1 N–H and O–H groups in total. The Morgan fingerprint density at radius 3 is 2.42 bits per heavy atom. The van der Waals surface area contributed by atoms with E-state index in [4.69, 9.17) is 0 Å². The highest BCUT2D eigenvalue weighted by Crippen LogP contribution is 2.39. The average Bonchev–Trinajstić information content (AvgIpc) is 2.94. The first-order valence-corrected chi connectivity index (χ1v) is 9.01. The van der Waals surface area contributed by atoms with Gasteiger partial charge >= 0.3 is 6.18 Å². The number of halogens is 3. The van der Waals surface area contributed by atoms with E-state index in [0.717, 1.165) is 50.4 Å². The summed E-state index contributed by atoms with van der Waals surface area (Å²) in [5.74, 6) is 0.438. The molecule has 0 aromatic heterocycles. The number of hydrogen-bond acceptors (Lipinski definition) is 4. The molecule has 24 heavy (non-hydrogen) atoms. The second-order valence-electron chi connectivity index (χ2n) is 5.96. The molecule has 2 fully saturated rings. The molecule has 0 spiro atoms. The van der Waals surface area contributed by atoms with Crippen LogP contribution >= 0.6 is 11.8 Å². The van der Waals surface area contributed by atoms with E-state index >= 15 is 0 Å². The smallest absolute Gasteiger partial charge is 0.325 e. The van der Waals surface area contributed by atoms with E-state index in [0.29, 0.717) is 12.3 Å². The van der Waals surface area contributed by atoms with Crippen LogP contribution in [-0.2, 0) is 11.0 Å². The maximum Gasteiger partial charge on any atom is 0.416 e. The van der Waals surface area contributed by atoms with Gasteiger partial charge in [0.15, 0.2) is 0 Å². The number of thioether (sulfide) groups is 1. The molecule has 3 rings (SSSR count). The topological polar surface area (TPSA) is 35.6 Å². The average molecular weight is 359 g/mol. The van der Waals surface area contributed by atoms with Crippen LogP contribution in [0.3, 0.4) is 0 Å². The Labute approximate surface area is 143 Å². The van der Waals surface area contributed by atoms with Crippen molar-refractivity contribution in [2.24, 2.45) is 0 Å². The third-order valence-electron chi connectivity index (χ3n) is 4.36. The van der Waals surface area contributed by atoms with Gasteiger partial charge in [-0.3, -0.25) is 9.69 Å². The molecular formula is C16H20F3N3OS. The molecular weight excluding hydrogens is 339 g/mol. The van der Waals surface area contributed by atoms with Crippen molar-refractivity contribution in [1.82, 2.24) is 15.1 Å². The second kappa shape index (κ2) is 7.33. The Hall–Kier alpha value is -1.25. The molecule has 0 unspecified atom stereocenters. The van der Waals surface area contributed by atoms with Crippen molar-refractivity contribution in [3.8, 4) is 0 Å². The van der Waals surface area contributed by atoms with Gasteiger partial charge < -0.3 is 10.2 Å². The van der Waals surface area contributed by atoms with Gasteiger partial charge in [-0.1, -0.05) is 12.1 Å². The number of benzene rings is 1. The molecule has 132 valence electrons. The quantitative estimate of drug-likeness (QED) is 0.894. The van der Waals surface area contributed by atoms with Crippen LogP contribution in [-0.4, -0.2) is 60.7 Å². The summed E-state index contributed by atoms with van der Waals surface area (Å²) in [6.07, 6.45) is -4.33. The lowest BCUT2D eigenvalue weighted by atomic mass is 10.1. The van der Waals surface area contributed by atoms with Gasteiger partial charge in [0.1, 0.15) is 5.37 Å². The molecule has 1 aromatic rings. The SMILES string of the molecule is O=C1CS[C@@H](c2ccc(C(F)(F)F)cc2)N1CCN1CCNCC1. The Morgan fingerprint density at radius 2 is 1.79 bits per heavy atom. The summed E-state index contributed by atoms with van der Waals surface area (Å²) in [7, 11) is 0. The van der Waals surface area contributed by atoms with Gasteiger partial charge in [0, 0.05) is 39.3 Å². The lowest BCUT2D eigenvalue weighted by Crippen LogP contribution is -2.46. The minimum absolute atomic E-state index is 0.0556. The fourth-order valence-electron chi connectivity index (χ4n) is 2.99. The first-order chi connectivity index (χ1) is 11.4. The number of carbonyl (C=O) groups excluding carboxylic acids is 1. The number of alkyl halides is 3. The predicted octanol–water partition coefficient (Wildman–Crippen LogP) is 2.18. The molecule has 4 nitrogen and oxygen atoms in total. The Bertz CT molecular complexity index is 573. The molecule has 0 aliphatic carbocycles. The number of amides is 1. The summed E-state index contributed by atoms with van der Waals surface area (Å²) in [5.41, 5.74) is 0.0899. The molecule has 2 aliphatic rings. The maximum absolute atomic E-state index is 12.7. The number of rotatable bonds is 4. The van der Waals surface area contributed by atoms with E-state index < -0.39 is 11.7 Å². The molecule has 2 saturated heterocycles. The van der Waals surface area contributed by atoms with E-state index in [2.05, 4.69) is 10.2 Å². The zero-order valence-corrected chi connectivity index (χ0v) is 14.0. The van der Waals surface area contributed by atoms with Crippen molar-refractivity contribution >= 4 is 17.7 Å². The molecule has 0 saturated carbocycles. The minimum atomic E-state index is -4.33.